The van der Waals surface area contributed by atoms with E-state index < -0.39 is 0 Å². The molecular weight excluding hydrogens is 310 g/mol. The zero-order chi connectivity index (χ0) is 16.8. The van der Waals surface area contributed by atoms with Gasteiger partial charge in [0.2, 0.25) is 23.8 Å². The van der Waals surface area contributed by atoms with Gasteiger partial charge in [-0.15, -0.1) is 15.3 Å². The standard InChI is InChI=1S/C6H15N17/c7-1(12-3-13-4(15-9)21-20-3)18-19-2(8)23-6(17-11)14-5(16-10)22-23/h9-11H2,(H2,8,19)(H2,14,16,17,22)(H5,7,12,13,15,18,20,21). The largest absolute Gasteiger partial charge is 0.368 e. The Kier molecular flexibility index (Phi) is 4.66. The van der Waals surface area contributed by atoms with Gasteiger partial charge in [0.05, 0.1) is 0 Å². The molecule has 0 unspecified atom stereocenters. The van der Waals surface area contributed by atoms with Crippen LogP contribution in [0.2, 0.25) is 0 Å². The maximum Gasteiger partial charge on any atom is 0.273 e. The van der Waals surface area contributed by atoms with Crippen LogP contribution in [0.4, 0.5) is 23.8 Å². The summed E-state index contributed by atoms with van der Waals surface area (Å²) in [6.07, 6.45) is 0. The number of rotatable bonds is 5. The van der Waals surface area contributed by atoms with Crippen LogP contribution >= 0.6 is 0 Å². The fraction of sp³-hybridized carbons (Fsp3) is 0. The fourth-order valence-electron chi connectivity index (χ4n) is 1.29. The average Bonchev–Trinajstić information content (AvgIpc) is 3.18. The zero-order valence-electron chi connectivity index (χ0n) is 11.5. The Bertz CT molecular complexity index is 704. The highest BCUT2D eigenvalue weighted by molar-refractivity contribution is 5.85. The summed E-state index contributed by atoms with van der Waals surface area (Å²) in [6.45, 7) is 0. The SMILES string of the molecule is NNc1nc(NN)n(/C(N)=N/N/C(N)=N/c2n[nH]c(NN)n2)n1. The van der Waals surface area contributed by atoms with E-state index in [1.807, 2.05) is 0 Å². The Morgan fingerprint density at radius 2 is 1.87 bits per heavy atom. The van der Waals surface area contributed by atoms with Gasteiger partial charge in [-0.1, -0.05) is 0 Å². The van der Waals surface area contributed by atoms with E-state index >= 15 is 0 Å². The van der Waals surface area contributed by atoms with Crippen LogP contribution in [0.3, 0.4) is 0 Å². The molecule has 124 valence electrons. The molecule has 0 saturated heterocycles. The lowest BCUT2D eigenvalue weighted by Crippen LogP contribution is -2.34. The number of hydrogen-bond acceptors (Lipinski definition) is 12. The lowest BCUT2D eigenvalue weighted by Gasteiger charge is -2.03. The number of nitrogens with one attached hydrogen (secondary N) is 5. The van der Waals surface area contributed by atoms with Crippen molar-refractivity contribution in [2.45, 2.75) is 0 Å². The number of aromatic amines is 1. The van der Waals surface area contributed by atoms with Crippen LogP contribution < -0.4 is 50.7 Å². The Balaban J connectivity index is 2.10. The molecule has 0 radical (unpaired) electrons. The van der Waals surface area contributed by atoms with Crippen molar-refractivity contribution >= 4 is 35.7 Å². The van der Waals surface area contributed by atoms with Gasteiger partial charge >= 0.3 is 0 Å². The molecule has 0 amide bonds. The van der Waals surface area contributed by atoms with Gasteiger partial charge < -0.3 is 11.5 Å². The second kappa shape index (κ2) is 6.84. The predicted molar refractivity (Wildman–Crippen MR) is 81.3 cm³/mol. The smallest absolute Gasteiger partial charge is 0.273 e. The average molecular weight is 325 g/mol. The molecule has 2 rings (SSSR count). The van der Waals surface area contributed by atoms with Crippen LogP contribution in [-0.4, -0.2) is 41.9 Å². The van der Waals surface area contributed by atoms with E-state index in [2.05, 4.69) is 57.1 Å². The molecule has 15 N–H and O–H groups in total. The van der Waals surface area contributed by atoms with Gasteiger partial charge in [-0.2, -0.15) is 19.6 Å². The van der Waals surface area contributed by atoms with Crippen molar-refractivity contribution in [3.05, 3.63) is 0 Å². The molecular formula is C6H15N17. The maximum atomic E-state index is 5.72. The summed E-state index contributed by atoms with van der Waals surface area (Å²) >= 11 is 0. The highest BCUT2D eigenvalue weighted by Gasteiger charge is 2.11. The van der Waals surface area contributed by atoms with Gasteiger partial charge in [0, 0.05) is 0 Å². The molecule has 17 heteroatoms. The minimum Gasteiger partial charge on any atom is -0.368 e. The number of nitrogens with two attached hydrogens (primary N) is 5. The lowest BCUT2D eigenvalue weighted by molar-refractivity contribution is 0.879. The molecule has 0 aliphatic carbocycles. The summed E-state index contributed by atoms with van der Waals surface area (Å²) in [5.41, 5.74) is 20.4. The van der Waals surface area contributed by atoms with Crippen LogP contribution in [-0.2, 0) is 0 Å². The minimum atomic E-state index is -0.149. The molecule has 0 spiro atoms. The van der Waals surface area contributed by atoms with Crippen LogP contribution in [0.15, 0.2) is 10.1 Å². The molecule has 17 nitrogen and oxygen atoms in total. The molecule has 23 heavy (non-hydrogen) atoms. The third kappa shape index (κ3) is 3.69. The molecule has 0 aromatic carbocycles. The molecule has 2 aromatic rings. The first-order chi connectivity index (χ1) is 11.1. The lowest BCUT2D eigenvalue weighted by atomic mass is 10.9. The van der Waals surface area contributed by atoms with E-state index in [0.717, 1.165) is 4.68 Å². The van der Waals surface area contributed by atoms with Gasteiger partial charge in [-0.3, -0.25) is 16.3 Å². The summed E-state index contributed by atoms with van der Waals surface area (Å²) < 4.78 is 1.07. The number of hydrogen-bond donors (Lipinski definition) is 10. The fourth-order valence-corrected chi connectivity index (χ4v) is 1.29. The van der Waals surface area contributed by atoms with E-state index in [1.54, 1.807) is 0 Å². The van der Waals surface area contributed by atoms with Gasteiger partial charge in [-0.05, 0) is 0 Å². The zero-order valence-corrected chi connectivity index (χ0v) is 11.5. The summed E-state index contributed by atoms with van der Waals surface area (Å²) in [7, 11) is 0. The maximum absolute atomic E-state index is 5.72. The Morgan fingerprint density at radius 3 is 2.48 bits per heavy atom. The summed E-state index contributed by atoms with van der Waals surface area (Å²) in [6, 6.07) is 0. The first-order valence-corrected chi connectivity index (χ1v) is 5.80. The number of aliphatic imine (C=N–C) groups is 1. The van der Waals surface area contributed by atoms with Crippen LogP contribution in [0.5, 0.6) is 0 Å². The second-order valence-corrected chi connectivity index (χ2v) is 3.67. The van der Waals surface area contributed by atoms with Crippen molar-refractivity contribution < 1.29 is 0 Å². The molecule has 0 aliphatic heterocycles. The number of nitrogens with zero attached hydrogens (tertiary/aromatic N) is 7. The number of hydrazone groups is 1. The Morgan fingerprint density at radius 1 is 1.09 bits per heavy atom. The molecule has 0 aliphatic rings. The van der Waals surface area contributed by atoms with E-state index in [9.17, 15) is 0 Å². The van der Waals surface area contributed by atoms with Gasteiger partial charge in [0.25, 0.3) is 11.9 Å². The monoisotopic (exact) mass is 325 g/mol. The number of nitrogen functional groups attached to an aromatic ring is 3. The number of guanidine groups is 1. The van der Waals surface area contributed by atoms with Crippen molar-refractivity contribution in [1.82, 2.24) is 35.4 Å². The van der Waals surface area contributed by atoms with Crippen LogP contribution in [0.1, 0.15) is 0 Å². The van der Waals surface area contributed by atoms with Crippen LogP contribution in [0, 0.1) is 0 Å². The normalized spacial score (nSPS) is 12.1. The van der Waals surface area contributed by atoms with Gasteiger partial charge in [-0.25, -0.2) is 28.1 Å². The Hall–Kier alpha value is -3.70. The third-order valence-corrected chi connectivity index (χ3v) is 2.20. The molecule has 0 fully saturated rings. The Labute approximate surface area is 127 Å². The molecule has 0 bridgehead atoms. The summed E-state index contributed by atoms with van der Waals surface area (Å²) in [5, 5.41) is 13.8. The number of hydrazine groups is 3. The van der Waals surface area contributed by atoms with E-state index in [4.69, 9.17) is 29.0 Å². The van der Waals surface area contributed by atoms with Gasteiger partial charge in [0.1, 0.15) is 0 Å². The first-order valence-electron chi connectivity index (χ1n) is 5.80. The second-order valence-electron chi connectivity index (χ2n) is 3.67. The number of H-pyrrole nitrogens is 1. The van der Waals surface area contributed by atoms with Crippen molar-refractivity contribution in [3.8, 4) is 0 Å². The quantitative estimate of drug-likeness (QED) is 0.108. The van der Waals surface area contributed by atoms with Crippen LogP contribution in [0.25, 0.3) is 0 Å². The highest BCUT2D eigenvalue weighted by Crippen LogP contribution is 2.05. The van der Waals surface area contributed by atoms with Crippen molar-refractivity contribution in [2.75, 3.05) is 16.3 Å². The van der Waals surface area contributed by atoms with E-state index in [0.29, 0.717) is 0 Å². The molecule has 2 aromatic heterocycles. The molecule has 0 atom stereocenters. The molecule has 0 saturated carbocycles. The molecule has 2 heterocycles. The highest BCUT2D eigenvalue weighted by atomic mass is 15.5. The summed E-state index contributed by atoms with van der Waals surface area (Å²) in [5.74, 6) is 15.7. The van der Waals surface area contributed by atoms with Crippen molar-refractivity contribution in [1.29, 1.82) is 0 Å². The van der Waals surface area contributed by atoms with Crippen molar-refractivity contribution in [2.24, 2.45) is 39.1 Å². The van der Waals surface area contributed by atoms with Gasteiger partial charge in [0.15, 0.2) is 0 Å². The first kappa shape index (κ1) is 15.7. The minimum absolute atomic E-state index is 0.0245. The van der Waals surface area contributed by atoms with E-state index in [-0.39, 0.29) is 35.7 Å². The van der Waals surface area contributed by atoms with Crippen molar-refractivity contribution in [3.63, 3.8) is 0 Å². The number of anilines is 3. The predicted octanol–water partition coefficient (Wildman–Crippen LogP) is -4.43. The third-order valence-electron chi connectivity index (χ3n) is 2.20. The summed E-state index contributed by atoms with van der Waals surface area (Å²) in [4.78, 5) is 11.5. The number of aromatic nitrogens is 6. The topological polar surface area (TPSA) is 275 Å². The van der Waals surface area contributed by atoms with E-state index in [1.165, 1.54) is 0 Å².